The zero-order valence-corrected chi connectivity index (χ0v) is 9.12. The average molecular weight is 200 g/mol. The van der Waals surface area contributed by atoms with Crippen LogP contribution in [0.3, 0.4) is 0 Å². The van der Waals surface area contributed by atoms with Crippen LogP contribution >= 0.6 is 0 Å². The highest BCUT2D eigenvalue weighted by Crippen LogP contribution is 2.03. The van der Waals surface area contributed by atoms with Gasteiger partial charge in [0.15, 0.2) is 0 Å². The largest absolute Gasteiger partial charge is 0.460 e. The van der Waals surface area contributed by atoms with Crippen LogP contribution in [0, 0.1) is 0 Å². The molecule has 0 saturated carbocycles. The Balaban J connectivity index is 0.000000469. The van der Waals surface area contributed by atoms with Crippen molar-refractivity contribution in [3.8, 4) is 0 Å². The van der Waals surface area contributed by atoms with E-state index in [1.165, 1.54) is 6.08 Å². The van der Waals surface area contributed by atoms with Crippen LogP contribution in [0.2, 0.25) is 0 Å². The molecule has 1 aliphatic rings. The van der Waals surface area contributed by atoms with E-state index in [1.54, 1.807) is 0 Å². The van der Waals surface area contributed by atoms with Crippen LogP contribution in [0.15, 0.2) is 12.7 Å². The number of carbonyl (C=O) groups is 1. The smallest absolute Gasteiger partial charge is 0.330 e. The molecule has 1 aliphatic heterocycles. The maximum absolute atomic E-state index is 10.6. The number of carbonyl (C=O) groups excluding carboxylic acids is 1. The van der Waals surface area contributed by atoms with Crippen molar-refractivity contribution in [2.75, 3.05) is 13.2 Å². The van der Waals surface area contributed by atoms with Gasteiger partial charge in [0.2, 0.25) is 0 Å². The predicted octanol–water partition coefficient (Wildman–Crippen LogP) is 2.31. The van der Waals surface area contributed by atoms with Crippen molar-refractivity contribution < 1.29 is 14.3 Å². The number of hydrogen-bond donors (Lipinski definition) is 0. The van der Waals surface area contributed by atoms with Gasteiger partial charge in [-0.2, -0.15) is 0 Å². The third-order valence-electron chi connectivity index (χ3n) is 1.65. The van der Waals surface area contributed by atoms with Crippen molar-refractivity contribution in [1.82, 2.24) is 0 Å². The van der Waals surface area contributed by atoms with Crippen LogP contribution in [0.25, 0.3) is 0 Å². The summed E-state index contributed by atoms with van der Waals surface area (Å²) in [4.78, 5) is 10.6. The Hall–Kier alpha value is -0.830. The lowest BCUT2D eigenvalue weighted by atomic mass is 10.2. The molecule has 1 unspecified atom stereocenters. The molecule has 1 rings (SSSR count). The first-order chi connectivity index (χ1) is 6.70. The van der Waals surface area contributed by atoms with Gasteiger partial charge in [0.25, 0.3) is 0 Å². The van der Waals surface area contributed by atoms with E-state index in [0.29, 0.717) is 0 Å². The van der Waals surface area contributed by atoms with Gasteiger partial charge in [0.05, 0.1) is 19.3 Å². The lowest BCUT2D eigenvalue weighted by Crippen LogP contribution is -2.12. The molecule has 1 fully saturated rings. The van der Waals surface area contributed by atoms with E-state index in [2.05, 4.69) is 18.2 Å². The van der Waals surface area contributed by atoms with Crippen LogP contribution < -0.4 is 0 Å². The lowest BCUT2D eigenvalue weighted by Gasteiger charge is -2.10. The van der Waals surface area contributed by atoms with Gasteiger partial charge in [-0.3, -0.25) is 0 Å². The molecule has 82 valence electrons. The van der Waals surface area contributed by atoms with Crippen LogP contribution in [0.4, 0.5) is 0 Å². The van der Waals surface area contributed by atoms with Gasteiger partial charge in [-0.1, -0.05) is 26.3 Å². The van der Waals surface area contributed by atoms with E-state index in [-0.39, 0.29) is 12.1 Å². The number of epoxide rings is 1. The minimum atomic E-state index is -0.325. The van der Waals surface area contributed by atoms with E-state index < -0.39 is 0 Å². The summed E-state index contributed by atoms with van der Waals surface area (Å²) in [5, 5.41) is 0. The average Bonchev–Trinajstić information content (AvgIpc) is 3.01. The SMILES string of the molecule is C1CO1.C=CC(=O)OC(C)CCCC. The molecular weight excluding hydrogens is 180 g/mol. The zero-order chi connectivity index (χ0) is 10.8. The molecule has 3 heteroatoms. The Bertz CT molecular complexity index is 161. The Labute approximate surface area is 86.1 Å². The Morgan fingerprint density at radius 2 is 2.21 bits per heavy atom. The molecule has 0 radical (unpaired) electrons. The molecule has 0 spiro atoms. The lowest BCUT2D eigenvalue weighted by molar-refractivity contribution is -0.142. The summed E-state index contributed by atoms with van der Waals surface area (Å²) in [6, 6.07) is 0. The van der Waals surface area contributed by atoms with Gasteiger partial charge >= 0.3 is 5.97 Å². The summed E-state index contributed by atoms with van der Waals surface area (Å²) < 4.78 is 9.44. The van der Waals surface area contributed by atoms with Gasteiger partial charge in [-0.05, 0) is 13.3 Å². The monoisotopic (exact) mass is 200 g/mol. The highest BCUT2D eigenvalue weighted by atomic mass is 16.6. The molecule has 3 nitrogen and oxygen atoms in total. The predicted molar refractivity (Wildman–Crippen MR) is 56.1 cm³/mol. The molecule has 0 bridgehead atoms. The van der Waals surface area contributed by atoms with Gasteiger partial charge in [-0.15, -0.1) is 0 Å². The topological polar surface area (TPSA) is 38.8 Å². The van der Waals surface area contributed by atoms with Gasteiger partial charge in [-0.25, -0.2) is 4.79 Å². The fraction of sp³-hybridized carbons (Fsp3) is 0.727. The first-order valence-corrected chi connectivity index (χ1v) is 5.11. The zero-order valence-electron chi connectivity index (χ0n) is 9.12. The minimum Gasteiger partial charge on any atom is -0.460 e. The van der Waals surface area contributed by atoms with Crippen molar-refractivity contribution >= 4 is 5.97 Å². The molecule has 0 amide bonds. The Morgan fingerprint density at radius 3 is 2.57 bits per heavy atom. The summed E-state index contributed by atoms with van der Waals surface area (Å²) in [7, 11) is 0. The van der Waals surface area contributed by atoms with Gasteiger partial charge < -0.3 is 9.47 Å². The van der Waals surface area contributed by atoms with Crippen molar-refractivity contribution in [1.29, 1.82) is 0 Å². The molecule has 0 aromatic carbocycles. The fourth-order valence-electron chi connectivity index (χ4n) is 0.797. The standard InChI is InChI=1S/C9H16O2.C2H4O/c1-4-6-7-8(3)11-9(10)5-2;1-2-3-1/h5,8H,2,4,6-7H2,1,3H3;1-2H2. The minimum absolute atomic E-state index is 0.0282. The first-order valence-electron chi connectivity index (χ1n) is 5.11. The molecule has 0 aromatic rings. The second-order valence-corrected chi connectivity index (χ2v) is 3.21. The summed E-state index contributed by atoms with van der Waals surface area (Å²) in [6.07, 6.45) is 4.40. The van der Waals surface area contributed by atoms with E-state index in [9.17, 15) is 4.79 Å². The molecule has 1 atom stereocenters. The third kappa shape index (κ3) is 11.2. The van der Waals surface area contributed by atoms with Crippen LogP contribution in [0.1, 0.15) is 33.1 Å². The van der Waals surface area contributed by atoms with Gasteiger partial charge in [0, 0.05) is 6.08 Å². The fourth-order valence-corrected chi connectivity index (χ4v) is 0.797. The van der Waals surface area contributed by atoms with E-state index >= 15 is 0 Å². The van der Waals surface area contributed by atoms with Crippen LogP contribution in [-0.4, -0.2) is 25.3 Å². The van der Waals surface area contributed by atoms with Gasteiger partial charge in [0.1, 0.15) is 0 Å². The number of ether oxygens (including phenoxy) is 2. The highest BCUT2D eigenvalue weighted by Gasteiger charge is 2.04. The van der Waals surface area contributed by atoms with Crippen molar-refractivity contribution in [2.24, 2.45) is 0 Å². The maximum atomic E-state index is 10.6. The number of esters is 1. The van der Waals surface area contributed by atoms with E-state index in [4.69, 9.17) is 4.74 Å². The molecule has 0 aliphatic carbocycles. The van der Waals surface area contributed by atoms with Crippen molar-refractivity contribution in [3.63, 3.8) is 0 Å². The molecular formula is C11H20O3. The quantitative estimate of drug-likeness (QED) is 0.388. The molecule has 0 aromatic heterocycles. The van der Waals surface area contributed by atoms with Crippen molar-refractivity contribution in [2.45, 2.75) is 39.2 Å². The normalized spacial score (nSPS) is 14.7. The van der Waals surface area contributed by atoms with E-state index in [0.717, 1.165) is 32.5 Å². The summed E-state index contributed by atoms with van der Waals surface area (Å²) in [5.41, 5.74) is 0. The maximum Gasteiger partial charge on any atom is 0.330 e. The third-order valence-corrected chi connectivity index (χ3v) is 1.65. The van der Waals surface area contributed by atoms with E-state index in [1.807, 2.05) is 6.92 Å². The number of hydrogen-bond acceptors (Lipinski definition) is 3. The summed E-state index contributed by atoms with van der Waals surface area (Å²) in [6.45, 7) is 9.33. The van der Waals surface area contributed by atoms with Crippen LogP contribution in [-0.2, 0) is 14.3 Å². The molecule has 1 saturated heterocycles. The number of rotatable bonds is 5. The first kappa shape index (κ1) is 13.2. The molecule has 1 heterocycles. The second kappa shape index (κ2) is 8.75. The molecule has 14 heavy (non-hydrogen) atoms. The number of unbranched alkanes of at least 4 members (excludes halogenated alkanes) is 1. The summed E-state index contributed by atoms with van der Waals surface area (Å²) >= 11 is 0. The summed E-state index contributed by atoms with van der Waals surface area (Å²) in [5.74, 6) is -0.325. The Kier molecular flexibility index (Phi) is 8.24. The Morgan fingerprint density at radius 1 is 1.64 bits per heavy atom. The molecule has 0 N–H and O–H groups in total. The highest BCUT2D eigenvalue weighted by molar-refractivity contribution is 5.81. The second-order valence-electron chi connectivity index (χ2n) is 3.21. The van der Waals surface area contributed by atoms with Crippen LogP contribution in [0.5, 0.6) is 0 Å². The van der Waals surface area contributed by atoms with Crippen molar-refractivity contribution in [3.05, 3.63) is 12.7 Å².